The van der Waals surface area contributed by atoms with Gasteiger partial charge in [0.2, 0.25) is 5.91 Å². The Hall–Kier alpha value is -1.06. The fraction of sp³-hybridized carbons (Fsp3) is 0.588. The van der Waals surface area contributed by atoms with Crippen LogP contribution in [0.4, 0.5) is 0 Å². The fourth-order valence-corrected chi connectivity index (χ4v) is 3.10. The minimum absolute atomic E-state index is 0.0510. The second-order valence-corrected chi connectivity index (χ2v) is 6.43. The van der Waals surface area contributed by atoms with Gasteiger partial charge in [-0.2, -0.15) is 0 Å². The molecule has 1 aromatic carbocycles. The molecule has 2 rings (SSSR count). The maximum atomic E-state index is 11.9. The van der Waals surface area contributed by atoms with Crippen molar-refractivity contribution in [1.29, 1.82) is 0 Å². The van der Waals surface area contributed by atoms with Crippen LogP contribution in [0.1, 0.15) is 31.7 Å². The largest absolute Gasteiger partial charge is 0.356 e. The summed E-state index contributed by atoms with van der Waals surface area (Å²) in [5.74, 6) is 0.865. The molecule has 0 aromatic heterocycles. The summed E-state index contributed by atoms with van der Waals surface area (Å²) in [5, 5.41) is 3.65. The Labute approximate surface area is 132 Å². The molecule has 1 N–H and O–H groups in total. The van der Waals surface area contributed by atoms with Gasteiger partial charge in [-0.25, -0.2) is 0 Å². The lowest BCUT2D eigenvalue weighted by Crippen LogP contribution is -2.36. The molecule has 1 fully saturated rings. The smallest absolute Gasteiger partial charge is 0.224 e. The van der Waals surface area contributed by atoms with Gasteiger partial charge in [-0.3, -0.25) is 4.79 Å². The van der Waals surface area contributed by atoms with Gasteiger partial charge in [0, 0.05) is 18.1 Å². The van der Waals surface area contributed by atoms with Gasteiger partial charge in [0.15, 0.2) is 0 Å². The average molecular weight is 309 g/mol. The highest BCUT2D eigenvalue weighted by atomic mass is 35.5. The maximum Gasteiger partial charge on any atom is 0.224 e. The number of amides is 1. The van der Waals surface area contributed by atoms with E-state index >= 15 is 0 Å². The first kappa shape index (κ1) is 16.3. The molecule has 21 heavy (non-hydrogen) atoms. The summed E-state index contributed by atoms with van der Waals surface area (Å²) < 4.78 is 0. The van der Waals surface area contributed by atoms with E-state index in [2.05, 4.69) is 17.1 Å². The van der Waals surface area contributed by atoms with E-state index < -0.39 is 0 Å². The van der Waals surface area contributed by atoms with Crippen LogP contribution in [0.25, 0.3) is 0 Å². The van der Waals surface area contributed by atoms with Gasteiger partial charge in [0.25, 0.3) is 0 Å². The van der Waals surface area contributed by atoms with E-state index in [1.165, 1.54) is 25.9 Å². The molecule has 1 heterocycles. The molecule has 1 aromatic rings. The van der Waals surface area contributed by atoms with Crippen LogP contribution < -0.4 is 5.32 Å². The zero-order valence-electron chi connectivity index (χ0n) is 12.8. The number of halogens is 1. The lowest BCUT2D eigenvalue weighted by Gasteiger charge is -2.30. The zero-order chi connectivity index (χ0) is 15.1. The van der Waals surface area contributed by atoms with Crippen LogP contribution in [-0.4, -0.2) is 37.0 Å². The van der Waals surface area contributed by atoms with E-state index in [1.807, 2.05) is 24.3 Å². The van der Waals surface area contributed by atoms with Gasteiger partial charge < -0.3 is 10.2 Å². The van der Waals surface area contributed by atoms with Crippen molar-refractivity contribution >= 4 is 17.5 Å². The van der Waals surface area contributed by atoms with Gasteiger partial charge >= 0.3 is 0 Å². The average Bonchev–Trinajstić information content (AvgIpc) is 2.46. The van der Waals surface area contributed by atoms with Crippen molar-refractivity contribution in [3.63, 3.8) is 0 Å². The molecule has 0 radical (unpaired) electrons. The van der Waals surface area contributed by atoms with E-state index in [-0.39, 0.29) is 5.91 Å². The monoisotopic (exact) mass is 308 g/mol. The number of hydrogen-bond donors (Lipinski definition) is 1. The minimum atomic E-state index is 0.0510. The molecule has 1 aliphatic rings. The lowest BCUT2D eigenvalue weighted by molar-refractivity contribution is -0.120. The Bertz CT molecular complexity index is 464. The molecular formula is C17H25ClN2O. The van der Waals surface area contributed by atoms with Crippen molar-refractivity contribution in [1.82, 2.24) is 10.2 Å². The van der Waals surface area contributed by atoms with Crippen LogP contribution in [0.3, 0.4) is 0 Å². The lowest BCUT2D eigenvalue weighted by atomic mass is 10.0. The summed E-state index contributed by atoms with van der Waals surface area (Å²) >= 11 is 6.06. The molecule has 1 amide bonds. The van der Waals surface area contributed by atoms with Crippen LogP contribution in [0.5, 0.6) is 0 Å². The number of rotatable bonds is 6. The van der Waals surface area contributed by atoms with Crippen molar-refractivity contribution in [3.8, 4) is 0 Å². The van der Waals surface area contributed by atoms with Crippen LogP contribution >= 0.6 is 11.6 Å². The predicted octanol–water partition coefficient (Wildman–Crippen LogP) is 3.12. The van der Waals surface area contributed by atoms with E-state index in [0.29, 0.717) is 11.4 Å². The first-order valence-electron chi connectivity index (χ1n) is 7.87. The Morgan fingerprint density at radius 3 is 3.00 bits per heavy atom. The summed E-state index contributed by atoms with van der Waals surface area (Å²) in [5.41, 5.74) is 0.890. The molecule has 3 nitrogen and oxygen atoms in total. The number of benzene rings is 1. The Kier molecular flexibility index (Phi) is 6.52. The van der Waals surface area contributed by atoms with Crippen LogP contribution in [0, 0.1) is 5.92 Å². The molecule has 0 spiro atoms. The molecule has 1 saturated heterocycles. The van der Waals surface area contributed by atoms with Crippen molar-refractivity contribution < 1.29 is 4.79 Å². The fourth-order valence-electron chi connectivity index (χ4n) is 2.90. The number of hydrogen-bond acceptors (Lipinski definition) is 2. The molecule has 0 bridgehead atoms. The summed E-state index contributed by atoms with van der Waals surface area (Å²) in [6, 6.07) is 7.51. The number of piperidine rings is 1. The van der Waals surface area contributed by atoms with E-state index in [1.54, 1.807) is 0 Å². The van der Waals surface area contributed by atoms with Crippen LogP contribution in [-0.2, 0) is 11.2 Å². The third kappa shape index (κ3) is 5.68. The van der Waals surface area contributed by atoms with Crippen molar-refractivity contribution in [3.05, 3.63) is 34.9 Å². The van der Waals surface area contributed by atoms with E-state index in [4.69, 9.17) is 11.6 Å². The Morgan fingerprint density at radius 1 is 1.43 bits per heavy atom. The third-order valence-corrected chi connectivity index (χ3v) is 4.39. The highest BCUT2D eigenvalue weighted by molar-refractivity contribution is 6.31. The SMILES string of the molecule is C[C@@H]1CCCN(CCCNC(=O)Cc2ccccc2Cl)C1. The second kappa shape index (κ2) is 8.40. The zero-order valence-corrected chi connectivity index (χ0v) is 13.5. The van der Waals surface area contributed by atoms with Crippen molar-refractivity contribution in [2.45, 2.75) is 32.6 Å². The summed E-state index contributed by atoms with van der Waals surface area (Å²) in [4.78, 5) is 14.4. The summed E-state index contributed by atoms with van der Waals surface area (Å²) in [6.07, 6.45) is 4.03. The number of carbonyl (C=O) groups is 1. The highest BCUT2D eigenvalue weighted by Crippen LogP contribution is 2.16. The Morgan fingerprint density at radius 2 is 2.24 bits per heavy atom. The molecule has 1 aliphatic heterocycles. The van der Waals surface area contributed by atoms with Crippen molar-refractivity contribution in [2.75, 3.05) is 26.2 Å². The molecule has 0 unspecified atom stereocenters. The molecule has 116 valence electrons. The highest BCUT2D eigenvalue weighted by Gasteiger charge is 2.15. The topological polar surface area (TPSA) is 32.3 Å². The summed E-state index contributed by atoms with van der Waals surface area (Å²) in [6.45, 7) is 6.55. The van der Waals surface area contributed by atoms with Gasteiger partial charge in [-0.1, -0.05) is 36.7 Å². The Balaban J connectivity index is 1.62. The third-order valence-electron chi connectivity index (χ3n) is 4.02. The number of nitrogens with one attached hydrogen (secondary N) is 1. The normalized spacial score (nSPS) is 19.4. The van der Waals surface area contributed by atoms with Gasteiger partial charge in [-0.15, -0.1) is 0 Å². The van der Waals surface area contributed by atoms with Crippen molar-refractivity contribution in [2.24, 2.45) is 5.92 Å². The standard InChI is InChI=1S/C17H25ClN2O/c1-14-6-4-10-20(13-14)11-5-9-19-17(21)12-15-7-2-3-8-16(15)18/h2-3,7-8,14H,4-6,9-13H2,1H3,(H,19,21)/t14-/m1/s1. The predicted molar refractivity (Wildman–Crippen MR) is 87.6 cm³/mol. The number of nitrogens with zero attached hydrogens (tertiary/aromatic N) is 1. The van der Waals surface area contributed by atoms with E-state index in [9.17, 15) is 4.79 Å². The number of carbonyl (C=O) groups excluding carboxylic acids is 1. The first-order valence-corrected chi connectivity index (χ1v) is 8.25. The van der Waals surface area contributed by atoms with Gasteiger partial charge in [-0.05, 0) is 49.9 Å². The summed E-state index contributed by atoms with van der Waals surface area (Å²) in [7, 11) is 0. The van der Waals surface area contributed by atoms with Gasteiger partial charge in [0.05, 0.1) is 6.42 Å². The first-order chi connectivity index (χ1) is 10.1. The second-order valence-electron chi connectivity index (χ2n) is 6.02. The molecule has 1 atom stereocenters. The maximum absolute atomic E-state index is 11.9. The minimum Gasteiger partial charge on any atom is -0.356 e. The van der Waals surface area contributed by atoms with Gasteiger partial charge in [0.1, 0.15) is 0 Å². The molecular weight excluding hydrogens is 284 g/mol. The van der Waals surface area contributed by atoms with Crippen LogP contribution in [0.15, 0.2) is 24.3 Å². The molecule has 0 saturated carbocycles. The quantitative estimate of drug-likeness (QED) is 0.819. The van der Waals surface area contributed by atoms with Crippen LogP contribution in [0.2, 0.25) is 5.02 Å². The molecule has 0 aliphatic carbocycles. The molecule has 4 heteroatoms. The van der Waals surface area contributed by atoms with E-state index in [0.717, 1.165) is 31.0 Å². The number of likely N-dealkylation sites (tertiary alicyclic amines) is 1.